The summed E-state index contributed by atoms with van der Waals surface area (Å²) < 4.78 is 0. The van der Waals surface area contributed by atoms with Crippen LogP contribution in [-0.4, -0.2) is 12.2 Å². The van der Waals surface area contributed by atoms with Gasteiger partial charge in [0.2, 0.25) is 0 Å². The van der Waals surface area contributed by atoms with E-state index in [1.807, 2.05) is 77.9 Å². The van der Waals surface area contributed by atoms with E-state index in [1.54, 1.807) is 0 Å². The Hall–Kier alpha value is -2.02. The lowest BCUT2D eigenvalue weighted by Gasteiger charge is -1.69. The van der Waals surface area contributed by atoms with Gasteiger partial charge in [0, 0.05) is 0 Å². The SMILES string of the molecule is CC.CC.CC.[N-]=C=O.[N-]=C=O.c1ccccc1. The van der Waals surface area contributed by atoms with Gasteiger partial charge in [0.1, 0.15) is 0 Å². The Morgan fingerprint density at radius 3 is 0.667 bits per heavy atom. The maximum Gasteiger partial charge on any atom is -0.0159 e. The van der Waals surface area contributed by atoms with Crippen molar-refractivity contribution in [2.45, 2.75) is 41.5 Å². The Balaban J connectivity index is -0.0000000413. The Labute approximate surface area is 111 Å². The lowest BCUT2D eigenvalue weighted by molar-refractivity contribution is 0.568. The van der Waals surface area contributed by atoms with Gasteiger partial charge >= 0.3 is 0 Å². The Kier molecular flexibility index (Phi) is 135. The number of hydrogen-bond donors (Lipinski definition) is 0. The molecule has 0 unspecified atom stereocenters. The molecule has 18 heavy (non-hydrogen) atoms. The van der Waals surface area contributed by atoms with E-state index >= 15 is 0 Å². The maximum absolute atomic E-state index is 8.24. The van der Waals surface area contributed by atoms with E-state index in [9.17, 15) is 0 Å². The average molecular weight is 252 g/mol. The van der Waals surface area contributed by atoms with Crippen molar-refractivity contribution in [2.24, 2.45) is 0 Å². The largest absolute Gasteiger partial charge is 0.724 e. The zero-order chi connectivity index (χ0) is 15.7. The second-order valence-corrected chi connectivity index (χ2v) is 1.34. The average Bonchev–Trinajstić information content (AvgIpc) is 2.49. The van der Waals surface area contributed by atoms with Crippen LogP contribution in [0.4, 0.5) is 0 Å². The van der Waals surface area contributed by atoms with Crippen molar-refractivity contribution in [1.29, 1.82) is 0 Å². The quantitative estimate of drug-likeness (QED) is 0.501. The summed E-state index contributed by atoms with van der Waals surface area (Å²) in [5.74, 6) is 0. The third kappa shape index (κ3) is 149. The van der Waals surface area contributed by atoms with Gasteiger partial charge < -0.3 is 10.8 Å². The molecule has 0 fully saturated rings. The molecule has 0 atom stereocenters. The Morgan fingerprint density at radius 1 is 0.556 bits per heavy atom. The fraction of sp³-hybridized carbons (Fsp3) is 0.429. The fourth-order valence-corrected chi connectivity index (χ4v) is 0.385. The van der Waals surface area contributed by atoms with Crippen LogP contribution in [0.15, 0.2) is 36.4 Å². The molecule has 1 aromatic carbocycles. The predicted octanol–water partition coefficient (Wildman–Crippen LogP) is 4.55. The molecule has 0 heterocycles. The van der Waals surface area contributed by atoms with Crippen LogP contribution >= 0.6 is 0 Å². The number of benzene rings is 1. The topological polar surface area (TPSA) is 78.7 Å². The van der Waals surface area contributed by atoms with E-state index in [-0.39, 0.29) is 0 Å². The molecule has 1 aromatic rings. The van der Waals surface area contributed by atoms with E-state index in [0.717, 1.165) is 0 Å². The van der Waals surface area contributed by atoms with Gasteiger partial charge in [0.25, 0.3) is 0 Å². The normalized spacial score (nSPS) is 4.56. The van der Waals surface area contributed by atoms with Gasteiger partial charge in [-0.15, -0.1) is 0 Å². The molecule has 0 aliphatic rings. The van der Waals surface area contributed by atoms with Gasteiger partial charge in [0.15, 0.2) is 0 Å². The summed E-state index contributed by atoms with van der Waals surface area (Å²) in [4.78, 5) is 16.5. The summed E-state index contributed by atoms with van der Waals surface area (Å²) in [5.41, 5.74) is 0. The first-order chi connectivity index (χ1) is 8.83. The second-order valence-electron chi connectivity index (χ2n) is 1.34. The first kappa shape index (κ1) is 29.7. The van der Waals surface area contributed by atoms with Crippen molar-refractivity contribution in [2.75, 3.05) is 0 Å². The first-order valence-electron chi connectivity index (χ1n) is 5.86. The second kappa shape index (κ2) is 81.9. The number of isocyanates is 2. The number of nitrogens with zero attached hydrogens (tertiary/aromatic N) is 2. The molecule has 0 saturated carbocycles. The molecule has 4 heteroatoms. The Bertz CT molecular complexity index is 199. The minimum atomic E-state index is 0.500. The highest BCUT2D eigenvalue weighted by Gasteiger charge is 1.57. The molecule has 0 N–H and O–H groups in total. The Morgan fingerprint density at radius 2 is 0.611 bits per heavy atom. The zero-order valence-electron chi connectivity index (χ0n) is 12.2. The van der Waals surface area contributed by atoms with Crippen LogP contribution in [0.1, 0.15) is 41.5 Å². The lowest BCUT2D eigenvalue weighted by Crippen LogP contribution is -1.47. The van der Waals surface area contributed by atoms with Gasteiger partial charge in [-0.2, -0.15) is 0 Å². The van der Waals surface area contributed by atoms with Crippen molar-refractivity contribution in [3.63, 3.8) is 0 Å². The van der Waals surface area contributed by atoms with Crippen molar-refractivity contribution in [3.8, 4) is 0 Å². The van der Waals surface area contributed by atoms with Gasteiger partial charge in [-0.3, -0.25) is 9.59 Å². The van der Waals surface area contributed by atoms with Gasteiger partial charge in [-0.1, -0.05) is 77.9 Å². The first-order valence-corrected chi connectivity index (χ1v) is 5.86. The van der Waals surface area contributed by atoms with Crippen LogP contribution in [-0.2, 0) is 9.59 Å². The monoisotopic (exact) mass is 252 g/mol. The summed E-state index contributed by atoms with van der Waals surface area (Å²) in [6.45, 7) is 12.0. The molecule has 0 radical (unpaired) electrons. The molecule has 0 amide bonds. The zero-order valence-corrected chi connectivity index (χ0v) is 12.2. The van der Waals surface area contributed by atoms with Crippen LogP contribution in [0.25, 0.3) is 10.8 Å². The van der Waals surface area contributed by atoms with Gasteiger partial charge in [0.05, 0.1) is 0 Å². The number of hydrogen-bond acceptors (Lipinski definition) is 2. The van der Waals surface area contributed by atoms with Gasteiger partial charge in [-0.05, 0) is 12.2 Å². The highest BCUT2D eigenvalue weighted by Crippen LogP contribution is 1.79. The van der Waals surface area contributed by atoms with Crippen molar-refractivity contribution < 1.29 is 9.59 Å². The molecule has 4 nitrogen and oxygen atoms in total. The third-order valence-corrected chi connectivity index (χ3v) is 0.667. The minimum Gasteiger partial charge on any atom is -0.724 e. The smallest absolute Gasteiger partial charge is 0.0159 e. The molecule has 0 aromatic heterocycles. The molecular weight excluding hydrogens is 228 g/mol. The molecule has 0 aliphatic carbocycles. The molecule has 0 aliphatic heterocycles. The van der Waals surface area contributed by atoms with Crippen LogP contribution in [0.3, 0.4) is 0 Å². The highest BCUT2D eigenvalue weighted by atomic mass is 16.1. The summed E-state index contributed by atoms with van der Waals surface area (Å²) in [6, 6.07) is 12.0. The molecule has 0 spiro atoms. The standard InChI is InChI=1S/C6H6.3C2H6.2CNO/c1-2-4-6-5-3-1;3*1-2;2*2-1-3/h1-6H;3*1-2H3;;/q;;;;2*-1. The van der Waals surface area contributed by atoms with Crippen molar-refractivity contribution in [1.82, 2.24) is 0 Å². The van der Waals surface area contributed by atoms with Crippen LogP contribution < -0.4 is 0 Å². The summed E-state index contributed by atoms with van der Waals surface area (Å²) in [7, 11) is 0. The van der Waals surface area contributed by atoms with E-state index in [0.29, 0.717) is 12.2 Å². The number of carbonyl (C=O) groups excluding carboxylic acids is 2. The van der Waals surface area contributed by atoms with E-state index in [2.05, 4.69) is 0 Å². The molecule has 1 rings (SSSR count). The molecule has 104 valence electrons. The van der Waals surface area contributed by atoms with Crippen LogP contribution in [0, 0.1) is 0 Å². The highest BCUT2D eigenvalue weighted by molar-refractivity contribution is 5.37. The molecule has 0 saturated heterocycles. The van der Waals surface area contributed by atoms with Crippen LogP contribution in [0.5, 0.6) is 0 Å². The van der Waals surface area contributed by atoms with Crippen molar-refractivity contribution in [3.05, 3.63) is 47.2 Å². The minimum absolute atomic E-state index is 0.500. The lowest BCUT2D eigenvalue weighted by atomic mass is 10.4. The van der Waals surface area contributed by atoms with Crippen molar-refractivity contribution >= 4 is 12.2 Å². The predicted molar refractivity (Wildman–Crippen MR) is 78.6 cm³/mol. The summed E-state index contributed by atoms with van der Waals surface area (Å²) >= 11 is 0. The molecule has 0 bridgehead atoms. The fourth-order valence-electron chi connectivity index (χ4n) is 0.385. The number of rotatable bonds is 0. The van der Waals surface area contributed by atoms with E-state index < -0.39 is 0 Å². The maximum atomic E-state index is 8.24. The van der Waals surface area contributed by atoms with Gasteiger partial charge in [-0.25, -0.2) is 0 Å². The molecular formula is C14H24N2O2-2. The van der Waals surface area contributed by atoms with E-state index in [4.69, 9.17) is 20.4 Å². The van der Waals surface area contributed by atoms with E-state index in [1.165, 1.54) is 0 Å². The summed E-state index contributed by atoms with van der Waals surface area (Å²) in [6.07, 6.45) is 1.00. The third-order valence-electron chi connectivity index (χ3n) is 0.667. The van der Waals surface area contributed by atoms with Crippen LogP contribution in [0.2, 0.25) is 0 Å². The summed E-state index contributed by atoms with van der Waals surface area (Å²) in [5, 5.41) is 13.5.